The first-order chi connectivity index (χ1) is 7.75. The molecule has 0 aromatic heterocycles. The van der Waals surface area contributed by atoms with Gasteiger partial charge in [0.15, 0.2) is 0 Å². The molecule has 3 heteroatoms. The Kier molecular flexibility index (Phi) is 3.34. The second-order valence-electron chi connectivity index (χ2n) is 4.26. The first kappa shape index (κ1) is 10.9. The lowest BCUT2D eigenvalue weighted by molar-refractivity contribution is -0.122. The van der Waals surface area contributed by atoms with Crippen LogP contribution in [0.2, 0.25) is 0 Å². The first-order valence-corrected chi connectivity index (χ1v) is 5.62. The van der Waals surface area contributed by atoms with Crippen molar-refractivity contribution in [3.63, 3.8) is 0 Å². The molecule has 16 heavy (non-hydrogen) atoms. The zero-order valence-corrected chi connectivity index (χ0v) is 9.44. The summed E-state index contributed by atoms with van der Waals surface area (Å²) in [5, 5.41) is 4.10. The van der Waals surface area contributed by atoms with Gasteiger partial charge >= 0.3 is 0 Å². The van der Waals surface area contributed by atoms with Crippen LogP contribution in [0, 0.1) is 5.92 Å². The fourth-order valence-electron chi connectivity index (χ4n) is 1.52. The highest BCUT2D eigenvalue weighted by molar-refractivity contribution is 5.87. The number of amides is 1. The number of hydrazone groups is 1. The van der Waals surface area contributed by atoms with Crippen LogP contribution < -0.4 is 5.43 Å². The molecule has 0 unspecified atom stereocenters. The number of nitrogens with one attached hydrogen (secondary N) is 1. The fraction of sp³-hybridized carbons (Fsp3) is 0.385. The van der Waals surface area contributed by atoms with Crippen molar-refractivity contribution in [1.82, 2.24) is 5.43 Å². The van der Waals surface area contributed by atoms with E-state index in [-0.39, 0.29) is 11.8 Å². The Hall–Kier alpha value is -1.64. The van der Waals surface area contributed by atoms with Crippen molar-refractivity contribution < 1.29 is 4.79 Å². The summed E-state index contributed by atoms with van der Waals surface area (Å²) in [7, 11) is 0. The van der Waals surface area contributed by atoms with Gasteiger partial charge in [-0.25, -0.2) is 5.43 Å². The van der Waals surface area contributed by atoms with Crippen LogP contribution in [0.1, 0.15) is 25.3 Å². The van der Waals surface area contributed by atoms with E-state index in [1.807, 2.05) is 25.1 Å². The van der Waals surface area contributed by atoms with Gasteiger partial charge in [0.05, 0.1) is 0 Å². The third-order valence-electron chi connectivity index (χ3n) is 2.61. The van der Waals surface area contributed by atoms with Crippen LogP contribution >= 0.6 is 0 Å². The summed E-state index contributed by atoms with van der Waals surface area (Å²) in [5.41, 5.74) is 4.76. The molecule has 2 rings (SSSR count). The minimum Gasteiger partial charge on any atom is -0.273 e. The van der Waals surface area contributed by atoms with E-state index in [1.54, 1.807) is 0 Å². The summed E-state index contributed by atoms with van der Waals surface area (Å²) in [5.74, 6) is 0.278. The Bertz CT molecular complexity index is 394. The van der Waals surface area contributed by atoms with Crippen LogP contribution in [-0.4, -0.2) is 11.6 Å². The number of nitrogens with zero attached hydrogens (tertiary/aromatic N) is 1. The van der Waals surface area contributed by atoms with E-state index < -0.39 is 0 Å². The van der Waals surface area contributed by atoms with Crippen molar-refractivity contribution in [2.75, 3.05) is 0 Å². The Labute approximate surface area is 95.6 Å². The van der Waals surface area contributed by atoms with E-state index in [0.29, 0.717) is 0 Å². The van der Waals surface area contributed by atoms with Crippen molar-refractivity contribution in [2.24, 2.45) is 11.0 Å². The summed E-state index contributed by atoms with van der Waals surface area (Å²) >= 11 is 0. The zero-order chi connectivity index (χ0) is 11.4. The predicted octanol–water partition coefficient (Wildman–Crippen LogP) is 2.13. The van der Waals surface area contributed by atoms with Gasteiger partial charge in [-0.2, -0.15) is 5.10 Å². The van der Waals surface area contributed by atoms with Gasteiger partial charge < -0.3 is 0 Å². The molecule has 1 aliphatic carbocycles. The van der Waals surface area contributed by atoms with E-state index >= 15 is 0 Å². The fourth-order valence-corrected chi connectivity index (χ4v) is 1.52. The lowest BCUT2D eigenvalue weighted by atomic mass is 10.1. The molecule has 3 nitrogen and oxygen atoms in total. The molecule has 1 aliphatic rings. The molecule has 1 amide bonds. The average molecular weight is 216 g/mol. The number of hydrogen-bond donors (Lipinski definition) is 1. The molecule has 84 valence electrons. The average Bonchev–Trinajstić information content (AvgIpc) is 3.11. The van der Waals surface area contributed by atoms with Crippen LogP contribution in [0.25, 0.3) is 0 Å². The van der Waals surface area contributed by atoms with Gasteiger partial charge in [-0.1, -0.05) is 30.3 Å². The summed E-state index contributed by atoms with van der Waals surface area (Å²) in [6, 6.07) is 10.1. The molecule has 1 saturated carbocycles. The summed E-state index contributed by atoms with van der Waals surface area (Å²) < 4.78 is 0. The monoisotopic (exact) mass is 216 g/mol. The summed E-state index contributed by atoms with van der Waals surface area (Å²) in [6.45, 7) is 1.93. The standard InChI is InChI=1S/C13H16N2O/c1-10(9-11-5-3-2-4-6-11)14-15-13(16)12-7-8-12/h2-6,12H,7-9H2,1H3,(H,15,16)/b14-10+. The number of carbonyl (C=O) groups is 1. The van der Waals surface area contributed by atoms with E-state index in [2.05, 4.69) is 22.7 Å². The maximum absolute atomic E-state index is 11.3. The molecule has 1 fully saturated rings. The smallest absolute Gasteiger partial charge is 0.243 e. The molecule has 1 aromatic rings. The minimum atomic E-state index is 0.0624. The van der Waals surface area contributed by atoms with E-state index in [4.69, 9.17) is 0 Å². The number of carbonyl (C=O) groups excluding carboxylic acids is 1. The van der Waals surface area contributed by atoms with Crippen molar-refractivity contribution in [3.8, 4) is 0 Å². The molecule has 0 spiro atoms. The molecule has 0 heterocycles. The van der Waals surface area contributed by atoms with Gasteiger partial charge in [0.2, 0.25) is 5.91 Å². The number of hydrogen-bond acceptors (Lipinski definition) is 2. The second-order valence-corrected chi connectivity index (χ2v) is 4.26. The van der Waals surface area contributed by atoms with Crippen molar-refractivity contribution in [1.29, 1.82) is 0 Å². The van der Waals surface area contributed by atoms with Crippen LogP contribution in [0.5, 0.6) is 0 Å². The van der Waals surface area contributed by atoms with E-state index in [1.165, 1.54) is 5.56 Å². The highest BCUT2D eigenvalue weighted by Gasteiger charge is 2.29. The maximum atomic E-state index is 11.3. The molecule has 0 saturated heterocycles. The van der Waals surface area contributed by atoms with Gasteiger partial charge in [0.1, 0.15) is 0 Å². The number of rotatable bonds is 4. The molecule has 0 aliphatic heterocycles. The van der Waals surface area contributed by atoms with Gasteiger partial charge in [-0.15, -0.1) is 0 Å². The Balaban J connectivity index is 1.84. The lowest BCUT2D eigenvalue weighted by Gasteiger charge is -2.02. The highest BCUT2D eigenvalue weighted by atomic mass is 16.2. The highest BCUT2D eigenvalue weighted by Crippen LogP contribution is 2.28. The third-order valence-corrected chi connectivity index (χ3v) is 2.61. The third kappa shape index (κ3) is 3.19. The van der Waals surface area contributed by atoms with Gasteiger partial charge in [-0.05, 0) is 25.3 Å². The SMILES string of the molecule is C/C(Cc1ccccc1)=N\NC(=O)C1CC1. The molecular weight excluding hydrogens is 200 g/mol. The molecule has 0 atom stereocenters. The molecule has 1 N–H and O–H groups in total. The van der Waals surface area contributed by atoms with Crippen molar-refractivity contribution >= 4 is 11.6 Å². The van der Waals surface area contributed by atoms with Gasteiger partial charge in [0, 0.05) is 18.1 Å². The van der Waals surface area contributed by atoms with E-state index in [0.717, 1.165) is 25.0 Å². The van der Waals surface area contributed by atoms with Crippen LogP contribution in [-0.2, 0) is 11.2 Å². The summed E-state index contributed by atoms with van der Waals surface area (Å²) in [6.07, 6.45) is 2.81. The molecule has 0 bridgehead atoms. The number of benzene rings is 1. The Morgan fingerprint density at radius 3 is 2.69 bits per heavy atom. The van der Waals surface area contributed by atoms with Gasteiger partial charge in [0.25, 0.3) is 0 Å². The van der Waals surface area contributed by atoms with Gasteiger partial charge in [-0.3, -0.25) is 4.79 Å². The van der Waals surface area contributed by atoms with Crippen molar-refractivity contribution in [2.45, 2.75) is 26.2 Å². The second kappa shape index (κ2) is 4.92. The van der Waals surface area contributed by atoms with Crippen molar-refractivity contribution in [3.05, 3.63) is 35.9 Å². The van der Waals surface area contributed by atoms with E-state index in [9.17, 15) is 4.79 Å². The minimum absolute atomic E-state index is 0.0624. The maximum Gasteiger partial charge on any atom is 0.243 e. The largest absolute Gasteiger partial charge is 0.273 e. The predicted molar refractivity (Wildman–Crippen MR) is 64.1 cm³/mol. The normalized spacial score (nSPS) is 15.9. The quantitative estimate of drug-likeness (QED) is 0.608. The Morgan fingerprint density at radius 1 is 1.38 bits per heavy atom. The first-order valence-electron chi connectivity index (χ1n) is 5.62. The zero-order valence-electron chi connectivity index (χ0n) is 9.44. The molecule has 0 radical (unpaired) electrons. The molecular formula is C13H16N2O. The summed E-state index contributed by atoms with van der Waals surface area (Å²) in [4.78, 5) is 11.3. The Morgan fingerprint density at radius 2 is 2.06 bits per heavy atom. The topological polar surface area (TPSA) is 41.5 Å². The lowest BCUT2D eigenvalue weighted by Crippen LogP contribution is -2.20. The van der Waals surface area contributed by atoms with Crippen LogP contribution in [0.4, 0.5) is 0 Å². The molecule has 1 aromatic carbocycles. The van der Waals surface area contributed by atoms with Crippen LogP contribution in [0.15, 0.2) is 35.4 Å². The van der Waals surface area contributed by atoms with Crippen LogP contribution in [0.3, 0.4) is 0 Å².